The van der Waals surface area contributed by atoms with Crippen molar-refractivity contribution in [3.05, 3.63) is 64.8 Å². The van der Waals surface area contributed by atoms with Gasteiger partial charge in [-0.25, -0.2) is 9.97 Å². The van der Waals surface area contributed by atoms with E-state index in [1.54, 1.807) is 23.6 Å². The van der Waals surface area contributed by atoms with Gasteiger partial charge in [-0.3, -0.25) is 4.98 Å². The highest BCUT2D eigenvalue weighted by Gasteiger charge is 2.21. The maximum absolute atomic E-state index is 7.83. The number of rotatable bonds is 7. The van der Waals surface area contributed by atoms with Crippen LogP contribution in [0.5, 0.6) is 0 Å². The fourth-order valence-corrected chi connectivity index (χ4v) is 4.87. The van der Waals surface area contributed by atoms with E-state index < -0.39 is 0 Å². The highest BCUT2D eigenvalue weighted by molar-refractivity contribution is 7.19. The van der Waals surface area contributed by atoms with E-state index in [1.807, 2.05) is 30.3 Å². The van der Waals surface area contributed by atoms with Crippen molar-refractivity contribution in [3.63, 3.8) is 0 Å². The average Bonchev–Trinajstić information content (AvgIpc) is 3.27. The molecule has 5 rings (SSSR count). The normalized spacial score (nSPS) is 14.0. The first-order valence-electron chi connectivity index (χ1n) is 10.7. The van der Waals surface area contributed by atoms with Crippen molar-refractivity contribution in [2.75, 3.05) is 36.9 Å². The molecular formula is C24H24N6O2S. The zero-order valence-corrected chi connectivity index (χ0v) is 18.8. The van der Waals surface area contributed by atoms with E-state index in [0.29, 0.717) is 43.5 Å². The third kappa shape index (κ3) is 4.56. The first-order chi connectivity index (χ1) is 16.2. The largest absolute Gasteiger partial charge is 0.398 e. The standard InChI is InChI=1S/C24H24N6O2S/c25-13-19-18(5-3-6-20(19)26)23-28-21-12-17(15-32-14-16-4-1-2-7-27-16)33-22(21)24(29-23)30-8-10-31-11-9-30/h1-7,12-13,25H,8-11,14-15,26H2. The maximum Gasteiger partial charge on any atom is 0.162 e. The third-order valence-electron chi connectivity index (χ3n) is 5.46. The summed E-state index contributed by atoms with van der Waals surface area (Å²) >= 11 is 1.65. The molecule has 1 aliphatic heterocycles. The van der Waals surface area contributed by atoms with E-state index in [9.17, 15) is 0 Å². The number of nitrogens with two attached hydrogens (primary N) is 1. The van der Waals surface area contributed by atoms with Crippen molar-refractivity contribution < 1.29 is 9.47 Å². The second-order valence-electron chi connectivity index (χ2n) is 7.66. The van der Waals surface area contributed by atoms with Gasteiger partial charge in [-0.05, 0) is 24.3 Å². The number of hydrogen-bond donors (Lipinski definition) is 2. The van der Waals surface area contributed by atoms with Gasteiger partial charge in [0.05, 0.1) is 42.3 Å². The molecule has 0 spiro atoms. The summed E-state index contributed by atoms with van der Waals surface area (Å²) in [5, 5.41) is 7.83. The fourth-order valence-electron chi connectivity index (χ4n) is 3.82. The first-order valence-corrected chi connectivity index (χ1v) is 11.5. The van der Waals surface area contributed by atoms with Crippen molar-refractivity contribution in [2.24, 2.45) is 0 Å². The lowest BCUT2D eigenvalue weighted by Gasteiger charge is -2.28. The summed E-state index contributed by atoms with van der Waals surface area (Å²) < 4.78 is 12.5. The van der Waals surface area contributed by atoms with Crippen LogP contribution in [-0.4, -0.2) is 47.5 Å². The van der Waals surface area contributed by atoms with Gasteiger partial charge in [0.15, 0.2) is 11.6 Å². The summed E-state index contributed by atoms with van der Waals surface area (Å²) in [5.74, 6) is 1.45. The van der Waals surface area contributed by atoms with E-state index in [1.165, 1.54) is 6.21 Å². The van der Waals surface area contributed by atoms with E-state index in [0.717, 1.165) is 45.3 Å². The Kier molecular flexibility index (Phi) is 6.25. The Hall–Kier alpha value is -3.40. The molecule has 33 heavy (non-hydrogen) atoms. The van der Waals surface area contributed by atoms with Gasteiger partial charge in [-0.1, -0.05) is 18.2 Å². The SMILES string of the molecule is N=Cc1c(N)cccc1-c1nc(N2CCOCC2)c2sc(COCc3ccccn3)cc2n1. The van der Waals surface area contributed by atoms with Crippen molar-refractivity contribution in [1.29, 1.82) is 5.41 Å². The molecule has 3 N–H and O–H groups in total. The molecule has 0 saturated carbocycles. The quantitative estimate of drug-likeness (QED) is 0.318. The second kappa shape index (κ2) is 9.62. The maximum atomic E-state index is 7.83. The molecule has 1 aromatic carbocycles. The van der Waals surface area contributed by atoms with Crippen molar-refractivity contribution in [3.8, 4) is 11.4 Å². The van der Waals surface area contributed by atoms with Crippen molar-refractivity contribution >= 4 is 39.3 Å². The number of nitrogens with zero attached hydrogens (tertiary/aromatic N) is 4. The number of morpholine rings is 1. The average molecular weight is 461 g/mol. The lowest BCUT2D eigenvalue weighted by atomic mass is 10.1. The molecule has 1 saturated heterocycles. The van der Waals surface area contributed by atoms with E-state index in [4.69, 9.17) is 30.6 Å². The summed E-state index contributed by atoms with van der Waals surface area (Å²) in [5.41, 5.74) is 9.79. The molecule has 3 aromatic heterocycles. The summed E-state index contributed by atoms with van der Waals surface area (Å²) in [7, 11) is 0. The van der Waals surface area contributed by atoms with Crippen LogP contribution < -0.4 is 10.6 Å². The van der Waals surface area contributed by atoms with Crippen LogP contribution in [0.25, 0.3) is 21.6 Å². The van der Waals surface area contributed by atoms with Crippen LogP contribution in [0.3, 0.4) is 0 Å². The van der Waals surface area contributed by atoms with Crippen LogP contribution in [0, 0.1) is 5.41 Å². The highest BCUT2D eigenvalue weighted by Crippen LogP contribution is 2.36. The number of aromatic nitrogens is 3. The molecule has 1 aliphatic rings. The Morgan fingerprint density at radius 1 is 1.12 bits per heavy atom. The summed E-state index contributed by atoms with van der Waals surface area (Å²) in [6.45, 7) is 3.78. The number of fused-ring (bicyclic) bond motifs is 1. The molecule has 4 heterocycles. The number of nitrogen functional groups attached to an aromatic ring is 1. The Balaban J connectivity index is 1.51. The van der Waals surface area contributed by atoms with Gasteiger partial charge >= 0.3 is 0 Å². The number of pyridine rings is 1. The molecule has 0 atom stereocenters. The number of ether oxygens (including phenoxy) is 2. The molecule has 1 fully saturated rings. The van der Waals surface area contributed by atoms with Crippen LogP contribution in [0.2, 0.25) is 0 Å². The molecule has 8 nitrogen and oxygen atoms in total. The summed E-state index contributed by atoms with van der Waals surface area (Å²) in [6.07, 6.45) is 3.03. The van der Waals surface area contributed by atoms with Crippen LogP contribution in [0.1, 0.15) is 16.1 Å². The number of thiophene rings is 1. The predicted octanol–water partition coefficient (Wildman–Crippen LogP) is 3.89. The molecule has 0 aliphatic carbocycles. The Morgan fingerprint density at radius 2 is 2.00 bits per heavy atom. The lowest BCUT2D eigenvalue weighted by molar-refractivity contribution is 0.106. The van der Waals surface area contributed by atoms with Gasteiger partial charge in [0.25, 0.3) is 0 Å². The Morgan fingerprint density at radius 3 is 2.79 bits per heavy atom. The van der Waals surface area contributed by atoms with Crippen molar-refractivity contribution in [1.82, 2.24) is 15.0 Å². The van der Waals surface area contributed by atoms with Crippen LogP contribution >= 0.6 is 11.3 Å². The molecule has 9 heteroatoms. The molecule has 0 bridgehead atoms. The van der Waals surface area contributed by atoms with Crippen molar-refractivity contribution in [2.45, 2.75) is 13.2 Å². The monoisotopic (exact) mass is 460 g/mol. The number of nitrogens with one attached hydrogen (secondary N) is 1. The van der Waals surface area contributed by atoms with Crippen LogP contribution in [0.15, 0.2) is 48.7 Å². The lowest BCUT2D eigenvalue weighted by Crippen LogP contribution is -2.36. The third-order valence-corrected chi connectivity index (χ3v) is 6.55. The fraction of sp³-hybridized carbons (Fsp3) is 0.250. The zero-order valence-electron chi connectivity index (χ0n) is 18.0. The second-order valence-corrected chi connectivity index (χ2v) is 8.80. The summed E-state index contributed by atoms with van der Waals surface area (Å²) in [4.78, 5) is 17.4. The Labute approximate surface area is 195 Å². The van der Waals surface area contributed by atoms with Gasteiger partial charge in [0, 0.05) is 47.2 Å². The van der Waals surface area contributed by atoms with Gasteiger partial charge in [-0.15, -0.1) is 11.3 Å². The van der Waals surface area contributed by atoms with Gasteiger partial charge < -0.3 is 25.5 Å². The molecule has 168 valence electrons. The minimum Gasteiger partial charge on any atom is -0.398 e. The van der Waals surface area contributed by atoms with E-state index in [-0.39, 0.29) is 0 Å². The first kappa shape index (κ1) is 21.4. The molecule has 0 unspecified atom stereocenters. The zero-order chi connectivity index (χ0) is 22.6. The Bertz CT molecular complexity index is 1270. The summed E-state index contributed by atoms with van der Waals surface area (Å²) in [6, 6.07) is 13.4. The number of anilines is 2. The van der Waals surface area contributed by atoms with Gasteiger partial charge in [0.2, 0.25) is 0 Å². The van der Waals surface area contributed by atoms with Gasteiger partial charge in [-0.2, -0.15) is 0 Å². The van der Waals surface area contributed by atoms with E-state index in [2.05, 4.69) is 16.0 Å². The molecule has 4 aromatic rings. The smallest absolute Gasteiger partial charge is 0.162 e. The minimum absolute atomic E-state index is 0.453. The van der Waals surface area contributed by atoms with Crippen LogP contribution in [-0.2, 0) is 22.7 Å². The highest BCUT2D eigenvalue weighted by atomic mass is 32.1. The molecule has 0 radical (unpaired) electrons. The minimum atomic E-state index is 0.453. The van der Waals surface area contributed by atoms with E-state index >= 15 is 0 Å². The van der Waals surface area contributed by atoms with Crippen LogP contribution in [0.4, 0.5) is 11.5 Å². The number of hydrogen-bond acceptors (Lipinski definition) is 9. The number of benzene rings is 1. The molecular weight excluding hydrogens is 436 g/mol. The van der Waals surface area contributed by atoms with Gasteiger partial charge in [0.1, 0.15) is 0 Å². The molecule has 0 amide bonds. The predicted molar refractivity (Wildman–Crippen MR) is 131 cm³/mol. The topological polar surface area (TPSA) is 110 Å².